The van der Waals surface area contributed by atoms with Gasteiger partial charge in [0.2, 0.25) is 0 Å². The molecular formula is C15H17NO. The first-order valence-electron chi connectivity index (χ1n) is 6.11. The molecule has 17 heavy (non-hydrogen) atoms. The Hall–Kier alpha value is -1.75. The topological polar surface area (TPSA) is 29.1 Å². The number of fused-ring (bicyclic) bond motifs is 1. The molecule has 0 aliphatic heterocycles. The highest BCUT2D eigenvalue weighted by Gasteiger charge is 2.13. The van der Waals surface area contributed by atoms with Gasteiger partial charge in [0, 0.05) is 18.5 Å². The van der Waals surface area contributed by atoms with Crippen molar-refractivity contribution in [2.75, 3.05) is 6.54 Å². The van der Waals surface area contributed by atoms with E-state index in [-0.39, 0.29) is 5.91 Å². The molecule has 0 atom stereocenters. The molecule has 2 rings (SSSR count). The summed E-state index contributed by atoms with van der Waals surface area (Å²) in [6.45, 7) is 2.43. The molecule has 2 heteroatoms. The minimum absolute atomic E-state index is 0.0117. The second kappa shape index (κ2) is 5.54. The van der Waals surface area contributed by atoms with Crippen LogP contribution in [0.2, 0.25) is 0 Å². The Balaban J connectivity index is 1.96. The fourth-order valence-electron chi connectivity index (χ4n) is 2.18. The molecule has 2 nitrogen and oxygen atoms in total. The predicted molar refractivity (Wildman–Crippen MR) is 68.9 cm³/mol. The van der Waals surface area contributed by atoms with Gasteiger partial charge in [-0.25, -0.2) is 0 Å². The van der Waals surface area contributed by atoms with E-state index in [4.69, 9.17) is 0 Å². The van der Waals surface area contributed by atoms with Gasteiger partial charge in [-0.15, -0.1) is 11.8 Å². The number of rotatable bonds is 3. The van der Waals surface area contributed by atoms with Crippen molar-refractivity contribution < 1.29 is 4.79 Å². The third-order valence-electron chi connectivity index (χ3n) is 3.07. The number of hydrogen-bond donors (Lipinski definition) is 1. The summed E-state index contributed by atoms with van der Waals surface area (Å²) in [7, 11) is 0. The lowest BCUT2D eigenvalue weighted by molar-refractivity contribution is 0.0954. The van der Waals surface area contributed by atoms with Gasteiger partial charge in [-0.05, 0) is 49.4 Å². The Labute approximate surface area is 102 Å². The molecule has 0 heterocycles. The summed E-state index contributed by atoms with van der Waals surface area (Å²) >= 11 is 0. The van der Waals surface area contributed by atoms with Gasteiger partial charge in [-0.3, -0.25) is 4.79 Å². The number of nitrogens with one attached hydrogen (secondary N) is 1. The number of carbonyl (C=O) groups excluding carboxylic acids is 1. The fraction of sp³-hybridized carbons (Fsp3) is 0.400. The van der Waals surface area contributed by atoms with E-state index < -0.39 is 0 Å². The van der Waals surface area contributed by atoms with E-state index >= 15 is 0 Å². The quantitative estimate of drug-likeness (QED) is 0.623. The normalized spacial score (nSPS) is 12.5. The minimum Gasteiger partial charge on any atom is -0.351 e. The Bertz CT molecular complexity index is 479. The molecule has 0 saturated carbocycles. The first-order chi connectivity index (χ1) is 8.31. The molecule has 0 spiro atoms. The summed E-state index contributed by atoms with van der Waals surface area (Å²) in [6.07, 6.45) is 4.20. The number of carbonyl (C=O) groups is 1. The fourth-order valence-corrected chi connectivity index (χ4v) is 2.18. The molecule has 0 aromatic heterocycles. The van der Waals surface area contributed by atoms with Gasteiger partial charge in [0.25, 0.3) is 5.91 Å². The van der Waals surface area contributed by atoms with E-state index in [9.17, 15) is 4.79 Å². The van der Waals surface area contributed by atoms with Crippen LogP contribution in [0.5, 0.6) is 0 Å². The summed E-state index contributed by atoms with van der Waals surface area (Å²) in [5.74, 6) is 5.76. The molecule has 88 valence electrons. The number of benzene rings is 1. The van der Waals surface area contributed by atoms with Crippen LogP contribution in [0.1, 0.15) is 41.3 Å². The van der Waals surface area contributed by atoms with Crippen molar-refractivity contribution in [2.24, 2.45) is 0 Å². The summed E-state index contributed by atoms with van der Waals surface area (Å²) in [5.41, 5.74) is 3.51. The van der Waals surface area contributed by atoms with Crippen LogP contribution in [0.15, 0.2) is 18.2 Å². The molecule has 1 N–H and O–H groups in total. The molecule has 1 aliphatic rings. The summed E-state index contributed by atoms with van der Waals surface area (Å²) in [6, 6.07) is 6.04. The van der Waals surface area contributed by atoms with Crippen LogP contribution >= 0.6 is 0 Å². The van der Waals surface area contributed by atoms with Crippen LogP contribution in [0.4, 0.5) is 0 Å². The standard InChI is InChI=1S/C15H17NO/c1-2-3-4-10-16-15(17)14-9-8-12-6-5-7-13(12)11-14/h8-9,11H,4-7,10H2,1H3,(H,16,17). The van der Waals surface area contributed by atoms with Crippen molar-refractivity contribution in [3.63, 3.8) is 0 Å². The van der Waals surface area contributed by atoms with Crippen molar-refractivity contribution in [1.82, 2.24) is 5.32 Å². The van der Waals surface area contributed by atoms with Gasteiger partial charge in [0.1, 0.15) is 0 Å². The number of aryl methyl sites for hydroxylation is 2. The summed E-state index contributed by atoms with van der Waals surface area (Å²) < 4.78 is 0. The Morgan fingerprint density at radius 3 is 3.00 bits per heavy atom. The van der Waals surface area contributed by atoms with Crippen LogP contribution in [0.3, 0.4) is 0 Å². The van der Waals surface area contributed by atoms with Crippen LogP contribution in [0, 0.1) is 11.8 Å². The predicted octanol–water partition coefficient (Wildman–Crippen LogP) is 2.32. The summed E-state index contributed by atoms with van der Waals surface area (Å²) in [4.78, 5) is 11.8. The maximum absolute atomic E-state index is 11.8. The van der Waals surface area contributed by atoms with Crippen molar-refractivity contribution in [3.05, 3.63) is 34.9 Å². The van der Waals surface area contributed by atoms with Crippen molar-refractivity contribution in [3.8, 4) is 11.8 Å². The van der Waals surface area contributed by atoms with Gasteiger partial charge in [0.15, 0.2) is 0 Å². The lowest BCUT2D eigenvalue weighted by atomic mass is 10.1. The van der Waals surface area contributed by atoms with Crippen LogP contribution < -0.4 is 5.32 Å². The maximum atomic E-state index is 11.8. The average Bonchev–Trinajstić information content (AvgIpc) is 2.81. The van der Waals surface area contributed by atoms with E-state index in [1.165, 1.54) is 17.5 Å². The molecule has 0 bridgehead atoms. The highest BCUT2D eigenvalue weighted by molar-refractivity contribution is 5.94. The Kier molecular flexibility index (Phi) is 3.82. The molecule has 1 aliphatic carbocycles. The van der Waals surface area contributed by atoms with E-state index in [2.05, 4.69) is 23.2 Å². The second-order valence-electron chi connectivity index (χ2n) is 4.27. The molecular weight excluding hydrogens is 210 g/mol. The maximum Gasteiger partial charge on any atom is 0.251 e. The smallest absolute Gasteiger partial charge is 0.251 e. The molecule has 0 fully saturated rings. The van der Waals surface area contributed by atoms with Crippen molar-refractivity contribution in [1.29, 1.82) is 0 Å². The van der Waals surface area contributed by atoms with Gasteiger partial charge < -0.3 is 5.32 Å². The first kappa shape index (κ1) is 11.7. The first-order valence-corrected chi connectivity index (χ1v) is 6.11. The van der Waals surface area contributed by atoms with Gasteiger partial charge >= 0.3 is 0 Å². The van der Waals surface area contributed by atoms with Crippen molar-refractivity contribution >= 4 is 5.91 Å². The van der Waals surface area contributed by atoms with Crippen LogP contribution in [0.25, 0.3) is 0 Å². The van der Waals surface area contributed by atoms with E-state index in [0.29, 0.717) is 13.0 Å². The van der Waals surface area contributed by atoms with Crippen LogP contribution in [-0.4, -0.2) is 12.5 Å². The van der Waals surface area contributed by atoms with Gasteiger partial charge in [-0.1, -0.05) is 6.07 Å². The molecule has 1 aromatic rings. The average molecular weight is 227 g/mol. The molecule has 1 aromatic carbocycles. The zero-order valence-corrected chi connectivity index (χ0v) is 10.2. The SMILES string of the molecule is CC#CCCNC(=O)c1ccc2c(c1)CCC2. The van der Waals surface area contributed by atoms with E-state index in [1.54, 1.807) is 0 Å². The summed E-state index contributed by atoms with van der Waals surface area (Å²) in [5, 5.41) is 2.88. The second-order valence-corrected chi connectivity index (χ2v) is 4.27. The minimum atomic E-state index is 0.0117. The largest absolute Gasteiger partial charge is 0.351 e. The van der Waals surface area contributed by atoms with E-state index in [0.717, 1.165) is 18.4 Å². The molecule has 0 saturated heterocycles. The molecule has 1 amide bonds. The Morgan fingerprint density at radius 1 is 1.35 bits per heavy atom. The number of amides is 1. The highest BCUT2D eigenvalue weighted by Crippen LogP contribution is 2.22. The molecule has 0 unspecified atom stereocenters. The Morgan fingerprint density at radius 2 is 2.18 bits per heavy atom. The highest BCUT2D eigenvalue weighted by atomic mass is 16.1. The lowest BCUT2D eigenvalue weighted by Crippen LogP contribution is -2.24. The zero-order chi connectivity index (χ0) is 12.1. The van der Waals surface area contributed by atoms with Gasteiger partial charge in [-0.2, -0.15) is 0 Å². The number of hydrogen-bond acceptors (Lipinski definition) is 1. The zero-order valence-electron chi connectivity index (χ0n) is 10.2. The monoisotopic (exact) mass is 227 g/mol. The third-order valence-corrected chi connectivity index (χ3v) is 3.07. The third kappa shape index (κ3) is 2.88. The lowest BCUT2D eigenvalue weighted by Gasteiger charge is -2.05. The van der Waals surface area contributed by atoms with Gasteiger partial charge in [0.05, 0.1) is 0 Å². The van der Waals surface area contributed by atoms with Crippen LogP contribution in [-0.2, 0) is 12.8 Å². The van der Waals surface area contributed by atoms with E-state index in [1.807, 2.05) is 19.1 Å². The van der Waals surface area contributed by atoms with Crippen molar-refractivity contribution in [2.45, 2.75) is 32.6 Å². The molecule has 0 radical (unpaired) electrons.